The third-order valence-corrected chi connectivity index (χ3v) is 3.83. The molecule has 7 heteroatoms. The highest BCUT2D eigenvalue weighted by atomic mass is 19.4. The van der Waals surface area contributed by atoms with Gasteiger partial charge in [-0.05, 0) is 35.7 Å². The van der Waals surface area contributed by atoms with E-state index in [1.165, 1.54) is 0 Å². The molecular weight excluding hydrogens is 333 g/mol. The molecule has 0 atom stereocenters. The Bertz CT molecular complexity index is 901. The Morgan fingerprint density at radius 2 is 1.80 bits per heavy atom. The number of Topliss-reactive ketones (excluding diaryl/α,β-unsaturated/α-hetero) is 1. The van der Waals surface area contributed by atoms with Crippen LogP contribution >= 0.6 is 0 Å². The van der Waals surface area contributed by atoms with Gasteiger partial charge in [-0.25, -0.2) is 0 Å². The molecule has 1 aliphatic carbocycles. The summed E-state index contributed by atoms with van der Waals surface area (Å²) in [6, 6.07) is 9.80. The van der Waals surface area contributed by atoms with Crippen molar-refractivity contribution in [3.63, 3.8) is 0 Å². The topological polar surface area (TPSA) is 72.2 Å². The molecule has 3 rings (SSSR count). The fraction of sp³-hybridized carbons (Fsp3) is 0.111. The molecule has 25 heavy (non-hydrogen) atoms. The predicted octanol–water partition coefficient (Wildman–Crippen LogP) is 3.43. The number of halogens is 3. The fourth-order valence-electron chi connectivity index (χ4n) is 2.70. The molecule has 3 N–H and O–H groups in total. The van der Waals surface area contributed by atoms with Crippen molar-refractivity contribution in [3.05, 3.63) is 65.2 Å². The summed E-state index contributed by atoms with van der Waals surface area (Å²) in [4.78, 5) is 24.5. The van der Waals surface area contributed by atoms with Gasteiger partial charge >= 0.3 is 6.18 Å². The summed E-state index contributed by atoms with van der Waals surface area (Å²) in [6.45, 7) is 0. The van der Waals surface area contributed by atoms with Crippen LogP contribution in [0.4, 0.5) is 24.5 Å². The van der Waals surface area contributed by atoms with Gasteiger partial charge in [-0.15, -0.1) is 0 Å². The van der Waals surface area contributed by atoms with Crippen LogP contribution in [0.15, 0.2) is 48.5 Å². The van der Waals surface area contributed by atoms with Crippen molar-refractivity contribution in [2.24, 2.45) is 0 Å². The summed E-state index contributed by atoms with van der Waals surface area (Å²) in [5, 5.41) is 2.19. The van der Waals surface area contributed by atoms with Crippen LogP contribution in [-0.4, -0.2) is 11.7 Å². The molecule has 0 unspecified atom stereocenters. The van der Waals surface area contributed by atoms with Crippen molar-refractivity contribution < 1.29 is 22.8 Å². The molecule has 0 fully saturated rings. The van der Waals surface area contributed by atoms with E-state index in [0.717, 1.165) is 23.8 Å². The lowest BCUT2D eigenvalue weighted by molar-refractivity contribution is -0.137. The lowest BCUT2D eigenvalue weighted by atomic mass is 10.0. The molecule has 0 bridgehead atoms. The van der Waals surface area contributed by atoms with Crippen LogP contribution in [0.2, 0.25) is 0 Å². The van der Waals surface area contributed by atoms with Crippen LogP contribution in [0.5, 0.6) is 0 Å². The number of nitrogens with one attached hydrogen (secondary N) is 1. The first kappa shape index (κ1) is 16.8. The Kier molecular flexibility index (Phi) is 4.08. The number of nitrogen functional groups attached to an aromatic ring is 1. The number of ketones is 1. The third-order valence-electron chi connectivity index (χ3n) is 3.83. The van der Waals surface area contributed by atoms with Crippen LogP contribution in [0.25, 0.3) is 5.57 Å². The monoisotopic (exact) mass is 346 g/mol. The van der Waals surface area contributed by atoms with E-state index in [9.17, 15) is 22.8 Å². The van der Waals surface area contributed by atoms with Crippen LogP contribution in [-0.2, 0) is 22.2 Å². The first-order chi connectivity index (χ1) is 11.8. The summed E-state index contributed by atoms with van der Waals surface area (Å²) < 4.78 is 38.4. The molecule has 1 aliphatic rings. The minimum atomic E-state index is -4.61. The van der Waals surface area contributed by atoms with Crippen molar-refractivity contribution in [2.75, 3.05) is 11.1 Å². The Morgan fingerprint density at radius 1 is 1.08 bits per heavy atom. The number of hydrogen-bond acceptors (Lipinski definition) is 3. The van der Waals surface area contributed by atoms with Crippen molar-refractivity contribution >= 4 is 28.6 Å². The second-order valence-electron chi connectivity index (χ2n) is 5.60. The van der Waals surface area contributed by atoms with Gasteiger partial charge in [0.1, 0.15) is 0 Å². The van der Waals surface area contributed by atoms with Gasteiger partial charge in [0, 0.05) is 16.9 Å². The number of nitrogens with two attached hydrogens (primary N) is 1. The number of rotatable bonds is 3. The van der Waals surface area contributed by atoms with Crippen LogP contribution < -0.4 is 11.1 Å². The number of benzene rings is 2. The summed E-state index contributed by atoms with van der Waals surface area (Å²) in [6.07, 6.45) is -2.44. The van der Waals surface area contributed by atoms with Gasteiger partial charge in [-0.3, -0.25) is 9.59 Å². The quantitative estimate of drug-likeness (QED) is 0.661. The lowest BCUT2D eigenvalue weighted by Gasteiger charge is -2.11. The molecule has 2 aromatic carbocycles. The summed E-state index contributed by atoms with van der Waals surface area (Å²) in [5.41, 5.74) is 5.92. The molecule has 0 saturated heterocycles. The van der Waals surface area contributed by atoms with Gasteiger partial charge in [0.15, 0.2) is 0 Å². The number of amides is 1. The van der Waals surface area contributed by atoms with Gasteiger partial charge in [0.25, 0.3) is 11.7 Å². The number of allylic oxidation sites excluding steroid dienone is 1. The first-order valence-corrected chi connectivity index (χ1v) is 7.37. The fourth-order valence-corrected chi connectivity index (χ4v) is 2.70. The van der Waals surface area contributed by atoms with E-state index in [1.807, 2.05) is 12.1 Å². The standard InChI is InChI=1S/C18H13F3N2O2/c19-18(20,21)11-7-12(22)9-13(8-11)23-17(25)16(24)15-6-5-10-3-1-2-4-14(10)15/h1-4,6-9H,5,22H2,(H,23,25). The highest BCUT2D eigenvalue weighted by molar-refractivity contribution is 6.56. The van der Waals surface area contributed by atoms with E-state index in [1.54, 1.807) is 18.2 Å². The summed E-state index contributed by atoms with van der Waals surface area (Å²) in [7, 11) is 0. The van der Waals surface area contributed by atoms with E-state index >= 15 is 0 Å². The van der Waals surface area contributed by atoms with E-state index in [2.05, 4.69) is 5.32 Å². The molecule has 0 aliphatic heterocycles. The number of alkyl halides is 3. The zero-order chi connectivity index (χ0) is 18.2. The van der Waals surface area contributed by atoms with Crippen LogP contribution in [0, 0.1) is 0 Å². The van der Waals surface area contributed by atoms with Gasteiger partial charge in [0.2, 0.25) is 0 Å². The molecule has 0 spiro atoms. The van der Waals surface area contributed by atoms with Crippen molar-refractivity contribution in [1.82, 2.24) is 0 Å². The van der Waals surface area contributed by atoms with Gasteiger partial charge < -0.3 is 11.1 Å². The van der Waals surface area contributed by atoms with Crippen LogP contribution in [0.3, 0.4) is 0 Å². The smallest absolute Gasteiger partial charge is 0.399 e. The van der Waals surface area contributed by atoms with Crippen molar-refractivity contribution in [1.29, 1.82) is 0 Å². The molecule has 0 heterocycles. The number of carbonyl (C=O) groups excluding carboxylic acids is 2. The van der Waals surface area contributed by atoms with E-state index in [0.29, 0.717) is 12.0 Å². The third kappa shape index (κ3) is 3.40. The number of fused-ring (bicyclic) bond motifs is 1. The highest BCUT2D eigenvalue weighted by Gasteiger charge is 2.31. The zero-order valence-electron chi connectivity index (χ0n) is 12.9. The van der Waals surface area contributed by atoms with E-state index < -0.39 is 23.4 Å². The average molecular weight is 346 g/mol. The van der Waals surface area contributed by atoms with Gasteiger partial charge in [0.05, 0.1) is 5.56 Å². The second-order valence-corrected chi connectivity index (χ2v) is 5.60. The molecule has 4 nitrogen and oxygen atoms in total. The second kappa shape index (κ2) is 6.08. The predicted molar refractivity (Wildman–Crippen MR) is 87.6 cm³/mol. The Morgan fingerprint density at radius 3 is 2.52 bits per heavy atom. The maximum absolute atomic E-state index is 12.8. The number of carbonyl (C=O) groups is 2. The molecule has 0 aromatic heterocycles. The first-order valence-electron chi connectivity index (χ1n) is 7.37. The minimum Gasteiger partial charge on any atom is -0.399 e. The summed E-state index contributed by atoms with van der Waals surface area (Å²) in [5.74, 6) is -1.82. The lowest BCUT2D eigenvalue weighted by Crippen LogP contribution is -2.23. The molecular formula is C18H13F3N2O2. The van der Waals surface area contributed by atoms with Gasteiger partial charge in [-0.2, -0.15) is 13.2 Å². The van der Waals surface area contributed by atoms with E-state index in [4.69, 9.17) is 5.73 Å². The SMILES string of the molecule is Nc1cc(NC(=O)C(=O)C2=CCc3ccccc32)cc(C(F)(F)F)c1. The highest BCUT2D eigenvalue weighted by Crippen LogP contribution is 2.33. The van der Waals surface area contributed by atoms with Crippen LogP contribution in [0.1, 0.15) is 16.7 Å². The average Bonchev–Trinajstić information content (AvgIpc) is 2.96. The molecule has 1 amide bonds. The molecule has 0 saturated carbocycles. The number of hydrogen-bond donors (Lipinski definition) is 2. The van der Waals surface area contributed by atoms with Crippen molar-refractivity contribution in [2.45, 2.75) is 12.6 Å². The normalized spacial score (nSPS) is 13.2. The Hall–Kier alpha value is -3.09. The Labute approximate surface area is 141 Å². The Balaban J connectivity index is 1.82. The maximum atomic E-state index is 12.8. The number of anilines is 2. The van der Waals surface area contributed by atoms with Crippen molar-refractivity contribution in [3.8, 4) is 0 Å². The maximum Gasteiger partial charge on any atom is 0.416 e. The largest absolute Gasteiger partial charge is 0.416 e. The zero-order valence-corrected chi connectivity index (χ0v) is 12.9. The molecule has 128 valence electrons. The van der Waals surface area contributed by atoms with E-state index in [-0.39, 0.29) is 16.9 Å². The van der Waals surface area contributed by atoms with Gasteiger partial charge in [-0.1, -0.05) is 30.3 Å². The summed E-state index contributed by atoms with van der Waals surface area (Å²) >= 11 is 0. The minimum absolute atomic E-state index is 0.164. The molecule has 0 radical (unpaired) electrons. The molecule has 2 aromatic rings.